The van der Waals surface area contributed by atoms with Crippen LogP contribution in [0.2, 0.25) is 10.0 Å². The van der Waals surface area contributed by atoms with E-state index in [1.807, 2.05) is 0 Å². The number of alkyl halides is 3. The van der Waals surface area contributed by atoms with Gasteiger partial charge in [0.05, 0.1) is 22.1 Å². The monoisotopic (exact) mass is 694 g/mol. The molecule has 4 aromatic carbocycles. The van der Waals surface area contributed by atoms with E-state index >= 15 is 0 Å². The van der Waals surface area contributed by atoms with Gasteiger partial charge >= 0.3 is 23.9 Å². The fourth-order valence-corrected chi connectivity index (χ4v) is 4.11. The van der Waals surface area contributed by atoms with Crippen molar-refractivity contribution in [2.24, 2.45) is 0 Å². The number of nitrogens with zero attached hydrogens (tertiary/aromatic N) is 2. The first kappa shape index (κ1) is 34.7. The van der Waals surface area contributed by atoms with Gasteiger partial charge in [0.2, 0.25) is 5.75 Å². The van der Waals surface area contributed by atoms with Crippen LogP contribution in [0.15, 0.2) is 83.3 Å². The molecule has 0 spiro atoms. The summed E-state index contributed by atoms with van der Waals surface area (Å²) >= 11 is 11.7. The van der Waals surface area contributed by atoms with Crippen molar-refractivity contribution < 1.29 is 51.4 Å². The van der Waals surface area contributed by atoms with Crippen molar-refractivity contribution in [3.05, 3.63) is 105 Å². The fourth-order valence-electron chi connectivity index (χ4n) is 3.73. The molecular weight excluding hydrogens is 672 g/mol. The number of ether oxygens (including phenoxy) is 4. The Morgan fingerprint density at radius 2 is 1.64 bits per heavy atom. The highest BCUT2D eigenvalue weighted by molar-refractivity contribution is 6.32. The van der Waals surface area contributed by atoms with Gasteiger partial charge in [-0.3, -0.25) is 10.1 Å². The van der Waals surface area contributed by atoms with Crippen LogP contribution in [0.4, 0.5) is 18.9 Å². The average Bonchev–Trinajstić information content (AvgIpc) is 3.40. The smallest absolute Gasteiger partial charge is 0.416 e. The van der Waals surface area contributed by atoms with Crippen LogP contribution in [-0.2, 0) is 11.0 Å². The van der Waals surface area contributed by atoms with Crippen molar-refractivity contribution >= 4 is 46.0 Å². The molecule has 0 saturated heterocycles. The van der Waals surface area contributed by atoms with E-state index in [1.54, 1.807) is 49.4 Å². The predicted molar refractivity (Wildman–Crippen MR) is 164 cm³/mol. The highest BCUT2D eigenvalue weighted by Crippen LogP contribution is 2.38. The van der Waals surface area contributed by atoms with E-state index in [-0.39, 0.29) is 40.6 Å². The molecule has 5 rings (SSSR count). The van der Waals surface area contributed by atoms with E-state index in [1.165, 1.54) is 25.1 Å². The Labute approximate surface area is 274 Å². The van der Waals surface area contributed by atoms with Gasteiger partial charge in [0.25, 0.3) is 0 Å². The predicted octanol–water partition coefficient (Wildman–Crippen LogP) is 9.58. The van der Waals surface area contributed by atoms with Gasteiger partial charge < -0.3 is 28.5 Å². The lowest BCUT2D eigenvalue weighted by molar-refractivity contribution is -0.385. The molecule has 1 heterocycles. The number of carboxylic acid groups (broad SMARTS) is 1. The maximum absolute atomic E-state index is 12.6. The van der Waals surface area contributed by atoms with Gasteiger partial charge in [-0.2, -0.15) is 18.2 Å². The minimum atomic E-state index is -4.52. The minimum Gasteiger partial charge on any atom is -0.487 e. The van der Waals surface area contributed by atoms with Crippen molar-refractivity contribution in [1.29, 1.82) is 0 Å². The molecule has 0 amide bonds. The summed E-state index contributed by atoms with van der Waals surface area (Å²) in [5, 5.41) is 20.0. The number of carboxylic acids is 1. The Bertz CT molecular complexity index is 1880. The zero-order chi connectivity index (χ0) is 34.3. The molecule has 16 heteroatoms. The Hall–Kier alpha value is -5.21. The Morgan fingerprint density at radius 1 is 0.957 bits per heavy atom. The third-order valence-electron chi connectivity index (χ3n) is 5.94. The van der Waals surface area contributed by atoms with Crippen LogP contribution in [-0.4, -0.2) is 33.7 Å². The van der Waals surface area contributed by atoms with E-state index < -0.39 is 28.7 Å². The van der Waals surface area contributed by atoms with Gasteiger partial charge in [-0.1, -0.05) is 23.2 Å². The molecular formula is C31H23Cl2F3N2O9. The summed E-state index contributed by atoms with van der Waals surface area (Å²) < 4.78 is 64.6. The number of rotatable bonds is 10. The number of fused-ring (bicyclic) bond motifs is 1. The zero-order valence-corrected chi connectivity index (χ0v) is 25.8. The van der Waals surface area contributed by atoms with Crippen LogP contribution in [0.1, 0.15) is 19.4 Å². The van der Waals surface area contributed by atoms with Gasteiger partial charge in [-0.25, -0.2) is 4.79 Å². The SMILES string of the molecule is CC(Oc1ccc(Oc2nc3ccc(Cl)cc3o2)cc1)C(=O)O.CCOc1cc(Oc2ccc(C(F)(F)F)cc2Cl)ccc1[N+](=O)[O-]. The van der Waals surface area contributed by atoms with Crippen molar-refractivity contribution in [2.75, 3.05) is 6.61 Å². The van der Waals surface area contributed by atoms with Gasteiger partial charge in [0.15, 0.2) is 11.7 Å². The second kappa shape index (κ2) is 14.9. The highest BCUT2D eigenvalue weighted by Gasteiger charge is 2.31. The van der Waals surface area contributed by atoms with Crippen molar-refractivity contribution in [3.8, 4) is 34.8 Å². The quantitative estimate of drug-likeness (QED) is 0.111. The summed E-state index contributed by atoms with van der Waals surface area (Å²) in [6.45, 7) is 3.31. The molecule has 47 heavy (non-hydrogen) atoms. The van der Waals surface area contributed by atoms with Gasteiger partial charge in [-0.05, 0) is 74.5 Å². The van der Waals surface area contributed by atoms with E-state index in [0.29, 0.717) is 27.6 Å². The molecule has 0 aliphatic carbocycles. The second-order valence-corrected chi connectivity index (χ2v) is 10.2. The molecule has 0 aliphatic rings. The lowest BCUT2D eigenvalue weighted by Crippen LogP contribution is -2.22. The number of hydrogen-bond acceptors (Lipinski definition) is 9. The zero-order valence-electron chi connectivity index (χ0n) is 24.3. The summed E-state index contributed by atoms with van der Waals surface area (Å²) in [5.41, 5.74) is 0.0173. The molecule has 0 saturated carbocycles. The van der Waals surface area contributed by atoms with Gasteiger partial charge in [0.1, 0.15) is 28.5 Å². The van der Waals surface area contributed by atoms with Crippen LogP contribution < -0.4 is 18.9 Å². The van der Waals surface area contributed by atoms with E-state index in [0.717, 1.165) is 18.2 Å². The summed E-state index contributed by atoms with van der Waals surface area (Å²) in [6, 6.07) is 18.0. The molecule has 0 radical (unpaired) electrons. The number of carbonyl (C=O) groups is 1. The molecule has 0 bridgehead atoms. The lowest BCUT2D eigenvalue weighted by atomic mass is 10.2. The minimum absolute atomic E-state index is 0.0111. The maximum atomic E-state index is 12.6. The van der Waals surface area contributed by atoms with Crippen LogP contribution in [0, 0.1) is 10.1 Å². The standard InChI is InChI=1S/C16H12ClNO5.C15H11ClF3NO4/c1-9(15(19)20)21-11-3-5-12(6-4-11)22-16-18-13-7-2-10(17)8-14(13)23-16;1-2-23-14-8-10(4-5-12(14)20(21)22)24-13-6-3-9(7-11(13)16)15(17,18)19/h2-9H,1H3,(H,19,20);3-8H,2H2,1H3. The summed E-state index contributed by atoms with van der Waals surface area (Å²) in [6.07, 6.45) is -5.35. The van der Waals surface area contributed by atoms with Crippen LogP contribution >= 0.6 is 23.2 Å². The third-order valence-corrected chi connectivity index (χ3v) is 6.47. The van der Waals surface area contributed by atoms with E-state index in [4.69, 9.17) is 51.7 Å². The molecule has 11 nitrogen and oxygen atoms in total. The molecule has 246 valence electrons. The number of hydrogen-bond donors (Lipinski definition) is 1. The number of benzene rings is 4. The van der Waals surface area contributed by atoms with E-state index in [9.17, 15) is 28.1 Å². The number of halogens is 5. The number of nitro benzene ring substituents is 1. The fraction of sp³-hybridized carbons (Fsp3) is 0.161. The first-order valence-electron chi connectivity index (χ1n) is 13.4. The summed E-state index contributed by atoms with van der Waals surface area (Å²) in [5.74, 6) is -0.000230. The molecule has 5 aromatic rings. The summed E-state index contributed by atoms with van der Waals surface area (Å²) in [4.78, 5) is 25.2. The van der Waals surface area contributed by atoms with Gasteiger partial charge in [0, 0.05) is 23.2 Å². The molecule has 1 atom stereocenters. The number of nitro groups is 1. The normalized spacial score (nSPS) is 11.6. The molecule has 1 unspecified atom stereocenters. The highest BCUT2D eigenvalue weighted by atomic mass is 35.5. The van der Waals surface area contributed by atoms with Crippen molar-refractivity contribution in [2.45, 2.75) is 26.1 Å². The molecule has 1 aromatic heterocycles. The lowest BCUT2D eigenvalue weighted by Gasteiger charge is -2.12. The van der Waals surface area contributed by atoms with Crippen LogP contribution in [0.3, 0.4) is 0 Å². The third kappa shape index (κ3) is 9.40. The van der Waals surface area contributed by atoms with E-state index in [2.05, 4.69) is 4.98 Å². The Kier molecular flexibility index (Phi) is 11.0. The average molecular weight is 695 g/mol. The summed E-state index contributed by atoms with van der Waals surface area (Å²) in [7, 11) is 0. The molecule has 1 N–H and O–H groups in total. The number of oxazole rings is 1. The van der Waals surface area contributed by atoms with Crippen molar-refractivity contribution in [1.82, 2.24) is 4.98 Å². The van der Waals surface area contributed by atoms with Crippen LogP contribution in [0.25, 0.3) is 11.1 Å². The maximum Gasteiger partial charge on any atom is 0.416 e. The molecule has 0 fully saturated rings. The second-order valence-electron chi connectivity index (χ2n) is 9.33. The first-order valence-corrected chi connectivity index (χ1v) is 14.2. The van der Waals surface area contributed by atoms with Crippen molar-refractivity contribution in [3.63, 3.8) is 0 Å². The Balaban J connectivity index is 0.000000213. The topological polar surface area (TPSA) is 143 Å². The number of aliphatic carboxylic acids is 1. The number of aromatic nitrogens is 1. The largest absolute Gasteiger partial charge is 0.487 e. The van der Waals surface area contributed by atoms with Gasteiger partial charge in [-0.15, -0.1) is 0 Å². The molecule has 0 aliphatic heterocycles. The Morgan fingerprint density at radius 3 is 2.26 bits per heavy atom. The van der Waals surface area contributed by atoms with Crippen LogP contribution in [0.5, 0.6) is 34.8 Å². The first-order chi connectivity index (χ1) is 22.2.